The Hall–Kier alpha value is -2.49. The third-order valence-electron chi connectivity index (χ3n) is 3.33. The van der Waals surface area contributed by atoms with Crippen molar-refractivity contribution in [2.45, 2.75) is 26.4 Å². The third kappa shape index (κ3) is 4.25. The van der Waals surface area contributed by atoms with E-state index in [0.29, 0.717) is 12.2 Å². The van der Waals surface area contributed by atoms with E-state index in [1.54, 1.807) is 7.11 Å². The summed E-state index contributed by atoms with van der Waals surface area (Å²) < 4.78 is 10.8. The largest absolute Gasteiger partial charge is 0.497 e. The second kappa shape index (κ2) is 6.98. The van der Waals surface area contributed by atoms with Gasteiger partial charge in [-0.15, -0.1) is 0 Å². The van der Waals surface area contributed by atoms with Crippen LogP contribution in [0.2, 0.25) is 0 Å². The number of carboxylic acid groups (broad SMARTS) is 1. The predicted octanol–water partition coefficient (Wildman–Crippen LogP) is 3.39. The van der Waals surface area contributed by atoms with E-state index in [9.17, 15) is 9.90 Å². The van der Waals surface area contributed by atoms with Crippen LogP contribution in [0.5, 0.6) is 11.5 Å². The number of carboxylic acids is 1. The highest BCUT2D eigenvalue weighted by Gasteiger charge is 2.20. The van der Waals surface area contributed by atoms with Gasteiger partial charge in [-0.1, -0.05) is 18.2 Å². The van der Waals surface area contributed by atoms with Crippen molar-refractivity contribution >= 4 is 5.97 Å². The second-order valence-corrected chi connectivity index (χ2v) is 5.32. The highest BCUT2D eigenvalue weighted by molar-refractivity contribution is 5.73. The van der Waals surface area contributed by atoms with Gasteiger partial charge in [0, 0.05) is 6.42 Å². The zero-order chi connectivity index (χ0) is 16.1. The zero-order valence-electron chi connectivity index (χ0n) is 13.0. The fraction of sp³-hybridized carbons (Fsp3) is 0.278. The van der Waals surface area contributed by atoms with Crippen molar-refractivity contribution in [3.8, 4) is 11.5 Å². The van der Waals surface area contributed by atoms with Gasteiger partial charge in [0.05, 0.1) is 7.11 Å². The van der Waals surface area contributed by atoms with Crippen LogP contribution in [0.25, 0.3) is 0 Å². The number of hydrogen-bond acceptors (Lipinski definition) is 3. The first-order chi connectivity index (χ1) is 10.5. The molecule has 0 heterocycles. The van der Waals surface area contributed by atoms with Gasteiger partial charge in [-0.2, -0.15) is 0 Å². The number of hydrogen-bond donors (Lipinski definition) is 1. The molecular formula is C18H20O4. The molecule has 0 radical (unpaired) electrons. The molecule has 0 aliphatic rings. The first-order valence-corrected chi connectivity index (χ1v) is 7.08. The molecule has 0 saturated heterocycles. The van der Waals surface area contributed by atoms with Gasteiger partial charge < -0.3 is 14.6 Å². The van der Waals surface area contributed by atoms with Crippen LogP contribution < -0.4 is 9.47 Å². The summed E-state index contributed by atoms with van der Waals surface area (Å²) in [6.45, 7) is 3.91. The van der Waals surface area contributed by atoms with E-state index in [2.05, 4.69) is 0 Å². The van der Waals surface area contributed by atoms with Crippen LogP contribution in [0.1, 0.15) is 16.7 Å². The number of aliphatic carboxylic acids is 1. The predicted molar refractivity (Wildman–Crippen MR) is 84.7 cm³/mol. The molecule has 0 spiro atoms. The highest BCUT2D eigenvalue weighted by atomic mass is 16.5. The Kier molecular flexibility index (Phi) is 5.04. The molecule has 0 aromatic heterocycles. The molecule has 22 heavy (non-hydrogen) atoms. The van der Waals surface area contributed by atoms with Crippen molar-refractivity contribution in [3.63, 3.8) is 0 Å². The molecule has 4 nitrogen and oxygen atoms in total. The monoisotopic (exact) mass is 300 g/mol. The fourth-order valence-corrected chi connectivity index (χ4v) is 2.32. The quantitative estimate of drug-likeness (QED) is 0.888. The van der Waals surface area contributed by atoms with Crippen LogP contribution >= 0.6 is 0 Å². The normalized spacial score (nSPS) is 11.8. The molecule has 4 heteroatoms. The molecule has 1 N–H and O–H groups in total. The maximum absolute atomic E-state index is 11.5. The van der Waals surface area contributed by atoms with Gasteiger partial charge in [0.2, 0.25) is 0 Å². The molecule has 0 saturated carbocycles. The van der Waals surface area contributed by atoms with E-state index in [0.717, 1.165) is 22.4 Å². The Labute approximate surface area is 130 Å². The molecule has 0 bridgehead atoms. The van der Waals surface area contributed by atoms with E-state index in [1.807, 2.05) is 56.3 Å². The molecule has 0 aliphatic heterocycles. The lowest BCUT2D eigenvalue weighted by molar-refractivity contribution is -0.145. The minimum atomic E-state index is -0.977. The van der Waals surface area contributed by atoms with Crippen molar-refractivity contribution < 1.29 is 19.4 Å². The van der Waals surface area contributed by atoms with Crippen LogP contribution in [0.15, 0.2) is 42.5 Å². The lowest BCUT2D eigenvalue weighted by atomic mass is 10.1. The van der Waals surface area contributed by atoms with Crippen LogP contribution in [0.4, 0.5) is 0 Å². The molecular weight excluding hydrogens is 280 g/mol. The van der Waals surface area contributed by atoms with Crippen molar-refractivity contribution in [3.05, 3.63) is 59.2 Å². The molecule has 1 atom stereocenters. The molecule has 116 valence electrons. The Morgan fingerprint density at radius 1 is 1.05 bits per heavy atom. The summed E-state index contributed by atoms with van der Waals surface area (Å²) in [6.07, 6.45) is -0.624. The molecule has 2 aromatic rings. The SMILES string of the molecule is COc1ccc(C[C@H](Oc2cc(C)cc(C)c2)C(=O)O)cc1. The topological polar surface area (TPSA) is 55.8 Å². The van der Waals surface area contributed by atoms with E-state index in [-0.39, 0.29) is 0 Å². The minimum Gasteiger partial charge on any atom is -0.497 e. The summed E-state index contributed by atoms with van der Waals surface area (Å²) in [6, 6.07) is 13.0. The Balaban J connectivity index is 2.13. The number of carbonyl (C=O) groups is 1. The molecule has 0 unspecified atom stereocenters. The average Bonchev–Trinajstić information content (AvgIpc) is 2.46. The number of methoxy groups -OCH3 is 1. The summed E-state index contributed by atoms with van der Waals surface area (Å²) in [5, 5.41) is 9.39. The number of ether oxygens (including phenoxy) is 2. The van der Waals surface area contributed by atoms with Gasteiger partial charge in [0.25, 0.3) is 0 Å². The van der Waals surface area contributed by atoms with Gasteiger partial charge in [0.1, 0.15) is 11.5 Å². The Bertz CT molecular complexity index is 626. The van der Waals surface area contributed by atoms with E-state index >= 15 is 0 Å². The molecule has 2 aromatic carbocycles. The van der Waals surface area contributed by atoms with Crippen molar-refractivity contribution in [2.24, 2.45) is 0 Å². The molecule has 0 aliphatic carbocycles. The molecule has 0 amide bonds. The summed E-state index contributed by atoms with van der Waals surface area (Å²) in [5.74, 6) is 0.347. The third-order valence-corrected chi connectivity index (χ3v) is 3.33. The summed E-state index contributed by atoms with van der Waals surface area (Å²) in [5.41, 5.74) is 2.98. The molecule has 2 rings (SSSR count). The van der Waals surface area contributed by atoms with Crippen LogP contribution in [0, 0.1) is 13.8 Å². The van der Waals surface area contributed by atoms with E-state index in [4.69, 9.17) is 9.47 Å². The van der Waals surface area contributed by atoms with Crippen LogP contribution in [-0.4, -0.2) is 24.3 Å². The summed E-state index contributed by atoms with van der Waals surface area (Å²) in [7, 11) is 1.60. The first-order valence-electron chi connectivity index (χ1n) is 7.08. The zero-order valence-corrected chi connectivity index (χ0v) is 13.0. The van der Waals surface area contributed by atoms with Gasteiger partial charge in [-0.25, -0.2) is 4.79 Å². The minimum absolute atomic E-state index is 0.298. The number of rotatable bonds is 6. The van der Waals surface area contributed by atoms with Crippen LogP contribution in [0.3, 0.4) is 0 Å². The Morgan fingerprint density at radius 2 is 1.64 bits per heavy atom. The lowest BCUT2D eigenvalue weighted by Gasteiger charge is -2.16. The standard InChI is InChI=1S/C18H20O4/c1-12-8-13(2)10-16(9-12)22-17(18(19)20)11-14-4-6-15(21-3)7-5-14/h4-10,17H,11H2,1-3H3,(H,19,20)/t17-/m0/s1. The Morgan fingerprint density at radius 3 is 2.14 bits per heavy atom. The van der Waals surface area contributed by atoms with Crippen molar-refractivity contribution in [1.29, 1.82) is 0 Å². The summed E-state index contributed by atoms with van der Waals surface area (Å²) in [4.78, 5) is 11.5. The fourth-order valence-electron chi connectivity index (χ4n) is 2.32. The van der Waals surface area contributed by atoms with Gasteiger partial charge in [0.15, 0.2) is 6.10 Å². The van der Waals surface area contributed by atoms with E-state index in [1.165, 1.54) is 0 Å². The first kappa shape index (κ1) is 15.9. The second-order valence-electron chi connectivity index (χ2n) is 5.32. The van der Waals surface area contributed by atoms with Gasteiger partial charge in [-0.05, 0) is 54.8 Å². The van der Waals surface area contributed by atoms with Gasteiger partial charge >= 0.3 is 5.97 Å². The average molecular weight is 300 g/mol. The highest BCUT2D eigenvalue weighted by Crippen LogP contribution is 2.20. The lowest BCUT2D eigenvalue weighted by Crippen LogP contribution is -2.29. The van der Waals surface area contributed by atoms with Gasteiger partial charge in [-0.3, -0.25) is 0 Å². The van der Waals surface area contributed by atoms with Crippen molar-refractivity contribution in [2.75, 3.05) is 7.11 Å². The van der Waals surface area contributed by atoms with E-state index < -0.39 is 12.1 Å². The van der Waals surface area contributed by atoms with Crippen LogP contribution in [-0.2, 0) is 11.2 Å². The summed E-state index contributed by atoms with van der Waals surface area (Å²) >= 11 is 0. The molecule has 0 fully saturated rings. The number of benzene rings is 2. The maximum atomic E-state index is 11.5. The number of aryl methyl sites for hydroxylation is 2. The maximum Gasteiger partial charge on any atom is 0.345 e. The van der Waals surface area contributed by atoms with Crippen molar-refractivity contribution in [1.82, 2.24) is 0 Å². The smallest absolute Gasteiger partial charge is 0.345 e.